The molecule has 0 aliphatic heterocycles. The smallest absolute Gasteiger partial charge is 0.123 e. The monoisotopic (exact) mass is 211 g/mol. The minimum Gasteiger partial charge on any atom is -0.496 e. The molecule has 2 nitrogen and oxygen atoms in total. The lowest BCUT2D eigenvalue weighted by molar-refractivity contribution is 0.410. The van der Waals surface area contributed by atoms with Crippen molar-refractivity contribution in [3.8, 4) is 11.8 Å². The highest BCUT2D eigenvalue weighted by molar-refractivity contribution is 7.98. The molecule has 74 valence electrons. The van der Waals surface area contributed by atoms with Crippen LogP contribution in [0, 0.1) is 17.1 Å². The van der Waals surface area contributed by atoms with Gasteiger partial charge in [0.1, 0.15) is 11.6 Å². The number of hydrogen-bond donors (Lipinski definition) is 0. The summed E-state index contributed by atoms with van der Waals surface area (Å²) in [6, 6.07) is 6.41. The molecular formula is C10H10FNOS. The first-order valence-corrected chi connectivity index (χ1v) is 5.20. The second kappa shape index (κ2) is 5.51. The zero-order chi connectivity index (χ0) is 10.4. The van der Waals surface area contributed by atoms with Gasteiger partial charge in [-0.2, -0.15) is 5.26 Å². The molecule has 0 unspecified atom stereocenters. The zero-order valence-corrected chi connectivity index (χ0v) is 8.60. The molecule has 0 bridgehead atoms. The quantitative estimate of drug-likeness (QED) is 0.718. The maximum Gasteiger partial charge on any atom is 0.123 e. The van der Waals surface area contributed by atoms with Crippen LogP contribution in [-0.2, 0) is 5.75 Å². The average molecular weight is 211 g/mol. The Bertz CT molecular complexity index is 348. The number of hydrogen-bond acceptors (Lipinski definition) is 3. The van der Waals surface area contributed by atoms with Gasteiger partial charge in [0, 0.05) is 11.3 Å². The van der Waals surface area contributed by atoms with Crippen molar-refractivity contribution < 1.29 is 9.13 Å². The van der Waals surface area contributed by atoms with Gasteiger partial charge in [-0.25, -0.2) is 4.39 Å². The third kappa shape index (κ3) is 2.93. The molecule has 0 atom stereocenters. The van der Waals surface area contributed by atoms with Gasteiger partial charge in [-0.05, 0) is 18.2 Å². The Morgan fingerprint density at radius 3 is 3.00 bits per heavy atom. The Morgan fingerprint density at radius 2 is 2.36 bits per heavy atom. The largest absolute Gasteiger partial charge is 0.496 e. The number of halogens is 1. The molecule has 4 heteroatoms. The van der Waals surface area contributed by atoms with E-state index in [-0.39, 0.29) is 5.82 Å². The summed E-state index contributed by atoms with van der Waals surface area (Å²) in [7, 11) is 1.55. The summed E-state index contributed by atoms with van der Waals surface area (Å²) in [5, 5.41) is 8.35. The SMILES string of the molecule is COc1ccc(F)cc1CSCC#N. The van der Waals surface area contributed by atoms with Crippen LogP contribution in [-0.4, -0.2) is 12.9 Å². The maximum absolute atomic E-state index is 12.9. The lowest BCUT2D eigenvalue weighted by atomic mass is 10.2. The minimum atomic E-state index is -0.279. The van der Waals surface area contributed by atoms with Crippen molar-refractivity contribution in [3.05, 3.63) is 29.6 Å². The van der Waals surface area contributed by atoms with Gasteiger partial charge in [0.25, 0.3) is 0 Å². The molecule has 0 amide bonds. The summed E-state index contributed by atoms with van der Waals surface area (Å²) in [4.78, 5) is 0. The first-order valence-electron chi connectivity index (χ1n) is 4.05. The van der Waals surface area contributed by atoms with E-state index in [1.165, 1.54) is 23.9 Å². The number of rotatable bonds is 4. The number of nitrogens with zero attached hydrogens (tertiary/aromatic N) is 1. The fourth-order valence-corrected chi connectivity index (χ4v) is 1.71. The molecule has 1 aromatic carbocycles. The van der Waals surface area contributed by atoms with E-state index in [9.17, 15) is 4.39 Å². The van der Waals surface area contributed by atoms with Crippen molar-refractivity contribution in [2.45, 2.75) is 5.75 Å². The summed E-state index contributed by atoms with van der Waals surface area (Å²) in [5.74, 6) is 1.38. The van der Waals surface area contributed by atoms with E-state index < -0.39 is 0 Å². The fourth-order valence-electron chi connectivity index (χ4n) is 1.07. The van der Waals surface area contributed by atoms with Gasteiger partial charge < -0.3 is 4.74 Å². The molecule has 0 aliphatic rings. The molecule has 0 radical (unpaired) electrons. The molecule has 0 N–H and O–H groups in total. The molecule has 0 spiro atoms. The topological polar surface area (TPSA) is 33.0 Å². The summed E-state index contributed by atoms with van der Waals surface area (Å²) in [6.45, 7) is 0. The van der Waals surface area contributed by atoms with Gasteiger partial charge in [-0.15, -0.1) is 11.8 Å². The van der Waals surface area contributed by atoms with Crippen molar-refractivity contribution in [1.29, 1.82) is 5.26 Å². The fraction of sp³-hybridized carbons (Fsp3) is 0.300. The lowest BCUT2D eigenvalue weighted by Crippen LogP contribution is -1.91. The second-order valence-corrected chi connectivity index (χ2v) is 3.59. The zero-order valence-electron chi connectivity index (χ0n) is 7.79. The molecule has 1 rings (SSSR count). The van der Waals surface area contributed by atoms with Crippen molar-refractivity contribution in [1.82, 2.24) is 0 Å². The number of ether oxygens (including phenoxy) is 1. The van der Waals surface area contributed by atoms with Crippen molar-refractivity contribution in [2.24, 2.45) is 0 Å². The molecule has 0 saturated heterocycles. The molecule has 0 fully saturated rings. The van der Waals surface area contributed by atoms with Crippen LogP contribution in [0.2, 0.25) is 0 Å². The molecule has 0 aliphatic carbocycles. The first-order chi connectivity index (χ1) is 6.77. The third-order valence-electron chi connectivity index (χ3n) is 1.67. The van der Waals surface area contributed by atoms with Crippen LogP contribution in [0.4, 0.5) is 4.39 Å². The van der Waals surface area contributed by atoms with Gasteiger partial charge in [0.15, 0.2) is 0 Å². The third-order valence-corrected chi connectivity index (χ3v) is 2.51. The van der Waals surface area contributed by atoms with Gasteiger partial charge >= 0.3 is 0 Å². The van der Waals surface area contributed by atoms with Crippen LogP contribution in [0.25, 0.3) is 0 Å². The summed E-state index contributed by atoms with van der Waals surface area (Å²) >= 11 is 1.44. The lowest BCUT2D eigenvalue weighted by Gasteiger charge is -2.06. The van der Waals surface area contributed by atoms with Crippen LogP contribution in [0.15, 0.2) is 18.2 Å². The minimum absolute atomic E-state index is 0.279. The molecular weight excluding hydrogens is 201 g/mol. The van der Waals surface area contributed by atoms with E-state index in [0.29, 0.717) is 17.3 Å². The van der Waals surface area contributed by atoms with E-state index >= 15 is 0 Å². The predicted octanol–water partition coefficient (Wildman–Crippen LogP) is 2.59. The van der Waals surface area contributed by atoms with Crippen LogP contribution < -0.4 is 4.74 Å². The molecule has 14 heavy (non-hydrogen) atoms. The standard InChI is InChI=1S/C10H10FNOS/c1-13-10-3-2-9(11)6-8(10)7-14-5-4-12/h2-3,6H,5,7H2,1H3. The van der Waals surface area contributed by atoms with E-state index in [4.69, 9.17) is 10.00 Å². The van der Waals surface area contributed by atoms with Crippen LogP contribution in [0.5, 0.6) is 5.75 Å². The van der Waals surface area contributed by atoms with Gasteiger partial charge in [-0.3, -0.25) is 0 Å². The van der Waals surface area contributed by atoms with Gasteiger partial charge in [0.2, 0.25) is 0 Å². The Labute approximate surface area is 86.7 Å². The van der Waals surface area contributed by atoms with Gasteiger partial charge in [-0.1, -0.05) is 0 Å². The Kier molecular flexibility index (Phi) is 4.27. The van der Waals surface area contributed by atoms with Crippen molar-refractivity contribution >= 4 is 11.8 Å². The van der Waals surface area contributed by atoms with Crippen molar-refractivity contribution in [2.75, 3.05) is 12.9 Å². The van der Waals surface area contributed by atoms with E-state index in [0.717, 1.165) is 5.56 Å². The number of benzene rings is 1. The second-order valence-electron chi connectivity index (χ2n) is 2.61. The molecule has 0 saturated carbocycles. The predicted molar refractivity (Wildman–Crippen MR) is 54.7 cm³/mol. The highest BCUT2D eigenvalue weighted by atomic mass is 32.2. The Balaban J connectivity index is 2.73. The van der Waals surface area contributed by atoms with E-state index in [2.05, 4.69) is 0 Å². The van der Waals surface area contributed by atoms with Crippen LogP contribution >= 0.6 is 11.8 Å². The molecule has 0 heterocycles. The normalized spacial score (nSPS) is 9.50. The average Bonchev–Trinajstić information content (AvgIpc) is 2.19. The number of nitriles is 1. The van der Waals surface area contributed by atoms with Crippen LogP contribution in [0.1, 0.15) is 5.56 Å². The summed E-state index contributed by atoms with van der Waals surface area (Å²) in [6.07, 6.45) is 0. The maximum atomic E-state index is 12.9. The Hall–Kier alpha value is -1.21. The van der Waals surface area contributed by atoms with E-state index in [1.54, 1.807) is 13.2 Å². The Morgan fingerprint density at radius 1 is 1.57 bits per heavy atom. The number of methoxy groups -OCH3 is 1. The highest BCUT2D eigenvalue weighted by Gasteiger charge is 2.04. The van der Waals surface area contributed by atoms with Gasteiger partial charge in [0.05, 0.1) is 18.9 Å². The van der Waals surface area contributed by atoms with Crippen LogP contribution in [0.3, 0.4) is 0 Å². The van der Waals surface area contributed by atoms with E-state index in [1.807, 2.05) is 6.07 Å². The summed E-state index contributed by atoms with van der Waals surface area (Å²) < 4.78 is 17.9. The highest BCUT2D eigenvalue weighted by Crippen LogP contribution is 2.23. The van der Waals surface area contributed by atoms with Crippen molar-refractivity contribution in [3.63, 3.8) is 0 Å². The summed E-state index contributed by atoms with van der Waals surface area (Å²) in [5.41, 5.74) is 0.785. The molecule has 1 aromatic rings. The first kappa shape index (κ1) is 10.9. The molecule has 0 aromatic heterocycles. The number of thioether (sulfide) groups is 1.